The molecule has 1 fully saturated rings. The fourth-order valence-corrected chi connectivity index (χ4v) is 1.97. The molecule has 2 amide bonds. The van der Waals surface area contributed by atoms with Crippen molar-refractivity contribution in [1.82, 2.24) is 4.90 Å². The summed E-state index contributed by atoms with van der Waals surface area (Å²) in [5.74, 6) is 0.0507. The van der Waals surface area contributed by atoms with E-state index >= 15 is 0 Å². The van der Waals surface area contributed by atoms with Gasteiger partial charge in [-0.15, -0.1) is 11.8 Å². The number of carbonyl (C=O) groups is 2. The number of thioether (sulfide) groups is 1. The molecule has 0 radical (unpaired) electrons. The second kappa shape index (κ2) is 3.00. The first kappa shape index (κ1) is 8.19. The second-order valence-electron chi connectivity index (χ2n) is 2.10. The highest BCUT2D eigenvalue weighted by Crippen LogP contribution is 2.22. The molecule has 6 heteroatoms. The van der Waals surface area contributed by atoms with Crippen molar-refractivity contribution in [3.63, 3.8) is 0 Å². The Morgan fingerprint density at radius 3 is 2.64 bits per heavy atom. The molecule has 1 aliphatic rings. The van der Waals surface area contributed by atoms with E-state index in [1.807, 2.05) is 0 Å². The van der Waals surface area contributed by atoms with Crippen LogP contribution in [0.1, 0.15) is 0 Å². The third-order valence-electron chi connectivity index (χ3n) is 1.38. The first-order chi connectivity index (χ1) is 5.13. The summed E-state index contributed by atoms with van der Waals surface area (Å²) in [5, 5.41) is 7.85. The van der Waals surface area contributed by atoms with E-state index in [9.17, 15) is 9.59 Å². The van der Waals surface area contributed by atoms with Crippen LogP contribution in [0.15, 0.2) is 0 Å². The number of rotatable bonds is 1. The molecule has 1 rings (SSSR count). The molecule has 0 bridgehead atoms. The van der Waals surface area contributed by atoms with Crippen LogP contribution >= 0.6 is 11.8 Å². The molecule has 1 unspecified atom stereocenters. The molecule has 1 saturated heterocycles. The smallest absolute Gasteiger partial charge is 0.408 e. The van der Waals surface area contributed by atoms with Crippen LogP contribution in [0.4, 0.5) is 4.79 Å². The third kappa shape index (κ3) is 1.56. The number of nitrogens with zero attached hydrogens (tertiary/aromatic N) is 1. The van der Waals surface area contributed by atoms with E-state index in [0.29, 0.717) is 12.3 Å². The summed E-state index contributed by atoms with van der Waals surface area (Å²) in [6, 6.07) is 0. The Bertz CT molecular complexity index is 176. The van der Waals surface area contributed by atoms with Crippen LogP contribution in [0.25, 0.3) is 0 Å². The van der Waals surface area contributed by atoms with E-state index in [0.717, 1.165) is 4.90 Å². The van der Waals surface area contributed by atoms with Gasteiger partial charge in [0.1, 0.15) is 0 Å². The molecule has 11 heavy (non-hydrogen) atoms. The van der Waals surface area contributed by atoms with Gasteiger partial charge in [0, 0.05) is 12.3 Å². The Balaban J connectivity index is 2.65. The fraction of sp³-hybridized carbons (Fsp3) is 0.600. The van der Waals surface area contributed by atoms with E-state index in [2.05, 4.69) is 0 Å². The van der Waals surface area contributed by atoms with E-state index < -0.39 is 17.4 Å². The zero-order chi connectivity index (χ0) is 8.43. The van der Waals surface area contributed by atoms with Crippen molar-refractivity contribution in [2.75, 3.05) is 12.3 Å². The van der Waals surface area contributed by atoms with Crippen LogP contribution in [0.2, 0.25) is 0 Å². The van der Waals surface area contributed by atoms with Crippen molar-refractivity contribution in [1.29, 1.82) is 0 Å². The minimum atomic E-state index is -1.08. The summed E-state index contributed by atoms with van der Waals surface area (Å²) in [7, 11) is 0. The molecule has 62 valence electrons. The minimum Gasteiger partial charge on any atom is -0.465 e. The summed E-state index contributed by atoms with van der Waals surface area (Å²) < 4.78 is 0. The van der Waals surface area contributed by atoms with Gasteiger partial charge >= 0.3 is 6.09 Å². The van der Waals surface area contributed by atoms with Gasteiger partial charge in [0.05, 0.1) is 0 Å². The van der Waals surface area contributed by atoms with Gasteiger partial charge in [-0.2, -0.15) is 0 Å². The highest BCUT2D eigenvalue weighted by Gasteiger charge is 2.32. The lowest BCUT2D eigenvalue weighted by molar-refractivity contribution is -0.119. The number of carbonyl (C=O) groups excluding carboxylic acids is 1. The predicted octanol–water partition coefficient (Wildman–Crippen LogP) is -0.475. The Hall–Kier alpha value is -0.910. The molecule has 0 aromatic rings. The molecule has 3 N–H and O–H groups in total. The normalized spacial score (nSPS) is 23.6. The fourth-order valence-electron chi connectivity index (χ4n) is 0.902. The maximum absolute atomic E-state index is 10.6. The van der Waals surface area contributed by atoms with Crippen molar-refractivity contribution in [2.45, 2.75) is 5.37 Å². The number of primary amides is 1. The maximum atomic E-state index is 10.6. The van der Waals surface area contributed by atoms with E-state index in [1.54, 1.807) is 0 Å². The quantitative estimate of drug-likeness (QED) is 0.565. The van der Waals surface area contributed by atoms with Crippen molar-refractivity contribution >= 4 is 23.8 Å². The topological polar surface area (TPSA) is 83.6 Å². The van der Waals surface area contributed by atoms with Gasteiger partial charge in [0.2, 0.25) is 0 Å². The predicted molar refractivity (Wildman–Crippen MR) is 40.2 cm³/mol. The molecule has 1 aliphatic heterocycles. The van der Waals surface area contributed by atoms with Crippen molar-refractivity contribution in [2.24, 2.45) is 5.73 Å². The first-order valence-electron chi connectivity index (χ1n) is 3.03. The minimum absolute atomic E-state index is 0.383. The van der Waals surface area contributed by atoms with Gasteiger partial charge in [0.15, 0.2) is 5.37 Å². The standard InChI is InChI=1S/C5H8N2O3S/c6-3(8)4-7(5(9)10)1-2-11-4/h4H,1-2H2,(H2,6,8)(H,9,10). The molecule has 0 spiro atoms. The second-order valence-corrected chi connectivity index (χ2v) is 3.29. The highest BCUT2D eigenvalue weighted by molar-refractivity contribution is 8.00. The van der Waals surface area contributed by atoms with E-state index in [1.165, 1.54) is 11.8 Å². The largest absolute Gasteiger partial charge is 0.465 e. The third-order valence-corrected chi connectivity index (χ3v) is 2.60. The van der Waals surface area contributed by atoms with Crippen LogP contribution in [-0.4, -0.2) is 39.7 Å². The lowest BCUT2D eigenvalue weighted by Crippen LogP contribution is -2.41. The zero-order valence-corrected chi connectivity index (χ0v) is 6.50. The summed E-state index contributed by atoms with van der Waals surface area (Å²) >= 11 is 1.26. The van der Waals surface area contributed by atoms with Crippen LogP contribution in [-0.2, 0) is 4.79 Å². The van der Waals surface area contributed by atoms with E-state index in [-0.39, 0.29) is 0 Å². The molecule has 1 atom stereocenters. The average Bonchev–Trinajstić information content (AvgIpc) is 2.32. The number of nitrogens with two attached hydrogens (primary N) is 1. The van der Waals surface area contributed by atoms with Gasteiger partial charge in [-0.05, 0) is 0 Å². The van der Waals surface area contributed by atoms with Crippen LogP contribution in [0.3, 0.4) is 0 Å². The van der Waals surface area contributed by atoms with Crippen molar-refractivity contribution in [3.8, 4) is 0 Å². The molecule has 0 aromatic carbocycles. The summed E-state index contributed by atoms with van der Waals surface area (Å²) in [5.41, 5.74) is 4.96. The lowest BCUT2D eigenvalue weighted by Gasteiger charge is -2.16. The maximum Gasteiger partial charge on any atom is 0.408 e. The summed E-state index contributed by atoms with van der Waals surface area (Å²) in [6.07, 6.45) is -1.08. The van der Waals surface area contributed by atoms with Gasteiger partial charge < -0.3 is 10.8 Å². The number of amides is 2. The Morgan fingerprint density at radius 1 is 1.64 bits per heavy atom. The molecule has 0 saturated carbocycles. The van der Waals surface area contributed by atoms with Crippen LogP contribution < -0.4 is 5.73 Å². The zero-order valence-electron chi connectivity index (χ0n) is 5.69. The van der Waals surface area contributed by atoms with Gasteiger partial charge in [0.25, 0.3) is 5.91 Å². The Kier molecular flexibility index (Phi) is 2.23. The van der Waals surface area contributed by atoms with Crippen molar-refractivity contribution in [3.05, 3.63) is 0 Å². The van der Waals surface area contributed by atoms with Gasteiger partial charge in [-0.1, -0.05) is 0 Å². The van der Waals surface area contributed by atoms with Gasteiger partial charge in [-0.3, -0.25) is 9.69 Å². The van der Waals surface area contributed by atoms with Crippen LogP contribution in [0.5, 0.6) is 0 Å². The lowest BCUT2D eigenvalue weighted by atomic mass is 10.5. The number of hydrogen-bond donors (Lipinski definition) is 2. The highest BCUT2D eigenvalue weighted by atomic mass is 32.2. The Labute approximate surface area is 67.5 Å². The molecule has 0 aliphatic carbocycles. The van der Waals surface area contributed by atoms with E-state index in [4.69, 9.17) is 10.8 Å². The Morgan fingerprint density at radius 2 is 2.27 bits per heavy atom. The van der Waals surface area contributed by atoms with Gasteiger partial charge in [-0.25, -0.2) is 4.79 Å². The summed E-state index contributed by atoms with van der Waals surface area (Å²) in [4.78, 5) is 22.1. The average molecular weight is 176 g/mol. The monoisotopic (exact) mass is 176 g/mol. The SMILES string of the molecule is NC(=O)C1SCCN1C(=O)O. The number of carboxylic acid groups (broad SMARTS) is 1. The molecule has 1 heterocycles. The van der Waals surface area contributed by atoms with Crippen LogP contribution in [0, 0.1) is 0 Å². The molecule has 5 nitrogen and oxygen atoms in total. The van der Waals surface area contributed by atoms with Crippen molar-refractivity contribution < 1.29 is 14.7 Å². The summed E-state index contributed by atoms with van der Waals surface area (Å²) in [6.45, 7) is 0.383. The molecule has 0 aromatic heterocycles. The first-order valence-corrected chi connectivity index (χ1v) is 4.08. The number of hydrogen-bond acceptors (Lipinski definition) is 3. The molecular formula is C5H8N2O3S. The molecular weight excluding hydrogens is 168 g/mol.